The summed E-state index contributed by atoms with van der Waals surface area (Å²) < 4.78 is 11.1. The van der Waals surface area contributed by atoms with Crippen LogP contribution in [0.15, 0.2) is 42.5 Å². The van der Waals surface area contributed by atoms with E-state index in [-0.39, 0.29) is 23.1 Å². The second-order valence-electron chi connectivity index (χ2n) is 4.48. The lowest BCUT2D eigenvalue weighted by Gasteiger charge is -2.09. The molecular weight excluding hydrogens is 433 g/mol. The van der Waals surface area contributed by atoms with Crippen LogP contribution in [0.1, 0.15) is 10.4 Å². The third-order valence-corrected chi connectivity index (χ3v) is 3.89. The number of halogens is 2. The fourth-order valence-corrected chi connectivity index (χ4v) is 2.30. The van der Waals surface area contributed by atoms with Crippen LogP contribution >= 0.6 is 34.2 Å². The van der Waals surface area contributed by atoms with Gasteiger partial charge in [0.2, 0.25) is 0 Å². The number of amides is 1. The molecule has 0 atom stereocenters. The second kappa shape index (κ2) is 8.16. The summed E-state index contributed by atoms with van der Waals surface area (Å²) in [6.45, 7) is -0.142. The summed E-state index contributed by atoms with van der Waals surface area (Å²) in [5.41, 5.74) is 0.622. The number of rotatable bonds is 5. The molecule has 0 unspecified atom stereocenters. The van der Waals surface area contributed by atoms with E-state index in [2.05, 4.69) is 32.6 Å². The molecule has 0 aromatic heterocycles. The molecule has 0 saturated carbocycles. The van der Waals surface area contributed by atoms with Crippen LogP contribution in [0.3, 0.4) is 0 Å². The number of hydrogen-bond donors (Lipinski definition) is 1. The second-order valence-corrected chi connectivity index (χ2v) is 6.13. The first-order valence-corrected chi connectivity index (χ1v) is 8.01. The van der Waals surface area contributed by atoms with Crippen molar-refractivity contribution in [3.63, 3.8) is 0 Å². The number of carbonyl (C=O) groups is 2. The molecule has 0 bridgehead atoms. The molecule has 23 heavy (non-hydrogen) atoms. The molecule has 0 aliphatic carbocycles. The van der Waals surface area contributed by atoms with E-state index in [4.69, 9.17) is 16.3 Å². The first-order chi connectivity index (χ1) is 11.0. The summed E-state index contributed by atoms with van der Waals surface area (Å²) in [5.74, 6) is -0.310. The van der Waals surface area contributed by atoms with Crippen LogP contribution in [0.2, 0.25) is 5.02 Å². The predicted octanol–water partition coefficient (Wildman–Crippen LogP) is 3.75. The Labute approximate surface area is 152 Å². The highest BCUT2D eigenvalue weighted by atomic mass is 127. The lowest BCUT2D eigenvalue weighted by Crippen LogP contribution is -2.20. The molecule has 5 nitrogen and oxygen atoms in total. The molecular formula is C16H13ClINO4. The summed E-state index contributed by atoms with van der Waals surface area (Å²) in [4.78, 5) is 23.5. The van der Waals surface area contributed by atoms with E-state index in [1.165, 1.54) is 19.2 Å². The number of esters is 1. The molecule has 0 radical (unpaired) electrons. The number of ether oxygens (including phenoxy) is 2. The van der Waals surface area contributed by atoms with E-state index in [9.17, 15) is 9.59 Å². The van der Waals surface area contributed by atoms with Gasteiger partial charge in [0.05, 0.1) is 17.7 Å². The van der Waals surface area contributed by atoms with Gasteiger partial charge in [-0.3, -0.25) is 4.79 Å². The van der Waals surface area contributed by atoms with Crippen molar-refractivity contribution in [2.45, 2.75) is 0 Å². The van der Waals surface area contributed by atoms with Crippen LogP contribution in [-0.2, 0) is 9.53 Å². The molecule has 2 aromatic carbocycles. The molecule has 0 aliphatic heterocycles. The van der Waals surface area contributed by atoms with Gasteiger partial charge < -0.3 is 14.8 Å². The van der Waals surface area contributed by atoms with Crippen LogP contribution in [-0.4, -0.2) is 25.6 Å². The highest BCUT2D eigenvalue weighted by Crippen LogP contribution is 2.21. The minimum atomic E-state index is -0.568. The molecule has 0 fully saturated rings. The quantitative estimate of drug-likeness (QED) is 0.562. The van der Waals surface area contributed by atoms with Gasteiger partial charge in [0.1, 0.15) is 5.75 Å². The van der Waals surface area contributed by atoms with Crippen LogP contribution in [0.25, 0.3) is 0 Å². The first kappa shape index (κ1) is 17.6. The Hall–Kier alpha value is -1.80. The smallest absolute Gasteiger partial charge is 0.339 e. The molecule has 0 heterocycles. The Bertz CT molecular complexity index is 719. The number of anilines is 1. The summed E-state index contributed by atoms with van der Waals surface area (Å²) in [6.07, 6.45) is 0. The average molecular weight is 446 g/mol. The Balaban J connectivity index is 1.97. The molecule has 2 rings (SSSR count). The fourth-order valence-electron chi connectivity index (χ4n) is 1.75. The lowest BCUT2D eigenvalue weighted by molar-refractivity contribution is -0.118. The average Bonchev–Trinajstić information content (AvgIpc) is 2.55. The van der Waals surface area contributed by atoms with Gasteiger partial charge in [-0.2, -0.15) is 0 Å². The number of benzene rings is 2. The van der Waals surface area contributed by atoms with E-state index in [0.717, 1.165) is 3.57 Å². The number of carbonyl (C=O) groups excluding carboxylic acids is 2. The zero-order chi connectivity index (χ0) is 16.8. The molecule has 1 amide bonds. The molecule has 2 aromatic rings. The van der Waals surface area contributed by atoms with Gasteiger partial charge in [-0.05, 0) is 65.1 Å². The van der Waals surface area contributed by atoms with Gasteiger partial charge in [0, 0.05) is 9.26 Å². The normalized spacial score (nSPS) is 10.0. The van der Waals surface area contributed by atoms with Crippen molar-refractivity contribution in [2.24, 2.45) is 0 Å². The largest absolute Gasteiger partial charge is 0.484 e. The zero-order valence-corrected chi connectivity index (χ0v) is 15.1. The molecule has 0 spiro atoms. The van der Waals surface area contributed by atoms with Crippen molar-refractivity contribution in [2.75, 3.05) is 19.0 Å². The molecule has 0 aliphatic rings. The van der Waals surface area contributed by atoms with Crippen molar-refractivity contribution in [3.05, 3.63) is 56.6 Å². The van der Waals surface area contributed by atoms with Crippen molar-refractivity contribution in [1.29, 1.82) is 0 Å². The van der Waals surface area contributed by atoms with Crippen molar-refractivity contribution >= 4 is 51.8 Å². The van der Waals surface area contributed by atoms with Crippen molar-refractivity contribution in [3.8, 4) is 5.75 Å². The minimum Gasteiger partial charge on any atom is -0.484 e. The van der Waals surface area contributed by atoms with Crippen molar-refractivity contribution < 1.29 is 19.1 Å². The summed E-state index contributed by atoms with van der Waals surface area (Å²) in [5, 5.41) is 2.89. The number of nitrogens with one attached hydrogen (secondary N) is 1. The monoisotopic (exact) mass is 445 g/mol. The van der Waals surface area contributed by atoms with Gasteiger partial charge in [0.25, 0.3) is 5.91 Å². The Morgan fingerprint density at radius 3 is 2.52 bits per heavy atom. The van der Waals surface area contributed by atoms with E-state index >= 15 is 0 Å². The van der Waals surface area contributed by atoms with E-state index in [1.54, 1.807) is 18.2 Å². The molecule has 1 N–H and O–H groups in total. The predicted molar refractivity (Wildman–Crippen MR) is 96.1 cm³/mol. The summed E-state index contributed by atoms with van der Waals surface area (Å²) in [6, 6.07) is 11.9. The highest BCUT2D eigenvalue weighted by Gasteiger charge is 2.12. The Morgan fingerprint density at radius 2 is 1.87 bits per heavy atom. The van der Waals surface area contributed by atoms with Gasteiger partial charge in [0.15, 0.2) is 6.61 Å². The SMILES string of the molecule is COC(=O)c1cc(NC(=O)COc2ccc(I)cc2)ccc1Cl. The van der Waals surface area contributed by atoms with Gasteiger partial charge in [-0.25, -0.2) is 4.79 Å². The standard InChI is InChI=1S/C16H13ClINO4/c1-22-16(21)13-8-11(4-7-14(13)17)19-15(20)9-23-12-5-2-10(18)3-6-12/h2-8H,9H2,1H3,(H,19,20). The fraction of sp³-hybridized carbons (Fsp3) is 0.125. The zero-order valence-electron chi connectivity index (χ0n) is 12.1. The number of methoxy groups -OCH3 is 1. The Morgan fingerprint density at radius 1 is 1.17 bits per heavy atom. The van der Waals surface area contributed by atoms with Crippen LogP contribution < -0.4 is 10.1 Å². The Kier molecular flexibility index (Phi) is 6.23. The van der Waals surface area contributed by atoms with E-state index in [1.807, 2.05) is 12.1 Å². The van der Waals surface area contributed by atoms with Gasteiger partial charge >= 0.3 is 5.97 Å². The topological polar surface area (TPSA) is 64.6 Å². The minimum absolute atomic E-state index is 0.142. The maximum atomic E-state index is 11.9. The van der Waals surface area contributed by atoms with E-state index < -0.39 is 5.97 Å². The summed E-state index contributed by atoms with van der Waals surface area (Å²) in [7, 11) is 1.26. The van der Waals surface area contributed by atoms with Crippen LogP contribution in [0.4, 0.5) is 5.69 Å². The first-order valence-electron chi connectivity index (χ1n) is 6.55. The number of hydrogen-bond acceptors (Lipinski definition) is 4. The van der Waals surface area contributed by atoms with Crippen LogP contribution in [0.5, 0.6) is 5.75 Å². The van der Waals surface area contributed by atoms with E-state index in [0.29, 0.717) is 11.4 Å². The third-order valence-electron chi connectivity index (χ3n) is 2.84. The maximum absolute atomic E-state index is 11.9. The van der Waals surface area contributed by atoms with Gasteiger partial charge in [-0.1, -0.05) is 11.6 Å². The third kappa shape index (κ3) is 5.11. The molecule has 0 saturated heterocycles. The molecule has 120 valence electrons. The lowest BCUT2D eigenvalue weighted by atomic mass is 10.2. The van der Waals surface area contributed by atoms with Gasteiger partial charge in [-0.15, -0.1) is 0 Å². The molecule has 7 heteroatoms. The van der Waals surface area contributed by atoms with Crippen molar-refractivity contribution in [1.82, 2.24) is 0 Å². The summed E-state index contributed by atoms with van der Waals surface area (Å²) >= 11 is 8.11. The van der Waals surface area contributed by atoms with Crippen LogP contribution in [0, 0.1) is 3.57 Å². The maximum Gasteiger partial charge on any atom is 0.339 e. The highest BCUT2D eigenvalue weighted by molar-refractivity contribution is 14.1.